The second kappa shape index (κ2) is 8.94. The Kier molecular flexibility index (Phi) is 6.94. The number of hydrogen-bond donors (Lipinski definition) is 1. The van der Waals surface area contributed by atoms with Crippen LogP contribution in [0.15, 0.2) is 48.5 Å². The smallest absolute Gasteiger partial charge is 0.392 e. The first kappa shape index (κ1) is 18.6. The molecule has 2 aromatic rings. The predicted octanol–water partition coefficient (Wildman–Crippen LogP) is 5.00. The Bertz CT molecular complexity index is 646. The molecular weight excluding hydrogens is 339 g/mol. The van der Waals surface area contributed by atoms with Crippen molar-refractivity contribution in [3.05, 3.63) is 64.7 Å². The van der Waals surface area contributed by atoms with Crippen LogP contribution in [0.25, 0.3) is 0 Å². The molecule has 0 aliphatic rings. The van der Waals surface area contributed by atoms with E-state index in [0.717, 1.165) is 29.1 Å². The van der Waals surface area contributed by atoms with Crippen LogP contribution in [-0.4, -0.2) is 19.3 Å². The summed E-state index contributed by atoms with van der Waals surface area (Å²) in [6.45, 7) is 1.03. The molecule has 2 rings (SSSR count). The fraction of sp³-hybridized carbons (Fsp3) is 0.333. The van der Waals surface area contributed by atoms with Gasteiger partial charge >= 0.3 is 6.18 Å². The van der Waals surface area contributed by atoms with Gasteiger partial charge in [0.1, 0.15) is 5.75 Å². The highest BCUT2D eigenvalue weighted by Gasteiger charge is 2.26. The summed E-state index contributed by atoms with van der Waals surface area (Å²) < 4.78 is 41.5. The van der Waals surface area contributed by atoms with Crippen LogP contribution in [0.2, 0.25) is 5.02 Å². The molecule has 0 heterocycles. The van der Waals surface area contributed by atoms with Crippen molar-refractivity contribution in [2.75, 3.05) is 13.2 Å². The van der Waals surface area contributed by atoms with Gasteiger partial charge in [-0.15, -0.1) is 0 Å². The Balaban J connectivity index is 1.73. The number of hydrogen-bond acceptors (Lipinski definition) is 2. The molecule has 0 aliphatic carbocycles. The molecule has 6 heteroatoms. The third kappa shape index (κ3) is 7.23. The minimum atomic E-state index is -4.19. The Hall–Kier alpha value is -1.72. The van der Waals surface area contributed by atoms with Gasteiger partial charge in [0.2, 0.25) is 0 Å². The van der Waals surface area contributed by atoms with Gasteiger partial charge in [-0.2, -0.15) is 13.2 Å². The van der Waals surface area contributed by atoms with Gasteiger partial charge in [-0.25, -0.2) is 0 Å². The van der Waals surface area contributed by atoms with Gasteiger partial charge in [0, 0.05) is 11.6 Å². The molecule has 0 saturated carbocycles. The molecule has 0 aromatic heterocycles. The van der Waals surface area contributed by atoms with Crippen molar-refractivity contribution in [2.45, 2.75) is 25.6 Å². The van der Waals surface area contributed by atoms with Crippen molar-refractivity contribution >= 4 is 11.6 Å². The molecule has 0 unspecified atom stereocenters. The highest BCUT2D eigenvalue weighted by atomic mass is 35.5. The summed E-state index contributed by atoms with van der Waals surface area (Å²) in [5.41, 5.74) is 2.12. The van der Waals surface area contributed by atoms with E-state index in [1.807, 2.05) is 30.3 Å². The standard InChI is InChI=1S/C18H19ClF3NO/c19-16-5-1-3-14(11-16)7-9-23-13-15-4-2-6-17(12-15)24-10-8-18(20,21)22/h1-6,11-12,23H,7-10,13H2. The van der Waals surface area contributed by atoms with Crippen LogP contribution in [0.5, 0.6) is 5.75 Å². The summed E-state index contributed by atoms with van der Waals surface area (Å²) >= 11 is 5.94. The minimum Gasteiger partial charge on any atom is -0.493 e. The zero-order valence-corrected chi connectivity index (χ0v) is 13.8. The third-order valence-electron chi connectivity index (χ3n) is 3.36. The first-order valence-electron chi connectivity index (χ1n) is 7.66. The lowest BCUT2D eigenvalue weighted by Crippen LogP contribution is -2.17. The lowest BCUT2D eigenvalue weighted by molar-refractivity contribution is -0.139. The van der Waals surface area contributed by atoms with Gasteiger partial charge in [-0.05, 0) is 48.4 Å². The van der Waals surface area contributed by atoms with Crippen LogP contribution in [-0.2, 0) is 13.0 Å². The van der Waals surface area contributed by atoms with Crippen LogP contribution in [0.4, 0.5) is 13.2 Å². The summed E-state index contributed by atoms with van der Waals surface area (Å²) in [4.78, 5) is 0. The molecule has 0 spiro atoms. The van der Waals surface area contributed by atoms with Crippen LogP contribution in [0, 0.1) is 0 Å². The van der Waals surface area contributed by atoms with Crippen LogP contribution >= 0.6 is 11.6 Å². The first-order valence-corrected chi connectivity index (χ1v) is 8.04. The number of nitrogens with one attached hydrogen (secondary N) is 1. The quantitative estimate of drug-likeness (QED) is 0.671. The lowest BCUT2D eigenvalue weighted by Gasteiger charge is -2.10. The predicted molar refractivity (Wildman–Crippen MR) is 89.5 cm³/mol. The van der Waals surface area contributed by atoms with Crippen LogP contribution in [0.3, 0.4) is 0 Å². The van der Waals surface area contributed by atoms with E-state index in [9.17, 15) is 13.2 Å². The zero-order chi connectivity index (χ0) is 17.4. The Labute approximate surface area is 144 Å². The number of benzene rings is 2. The summed E-state index contributed by atoms with van der Waals surface area (Å²) in [5, 5.41) is 4.02. The molecule has 24 heavy (non-hydrogen) atoms. The van der Waals surface area contributed by atoms with E-state index in [4.69, 9.17) is 16.3 Å². The van der Waals surface area contributed by atoms with Gasteiger partial charge in [-0.3, -0.25) is 0 Å². The molecule has 0 aliphatic heterocycles. The summed E-state index contributed by atoms with van der Waals surface area (Å²) in [5.74, 6) is 0.452. The Morgan fingerprint density at radius 2 is 1.75 bits per heavy atom. The number of ether oxygens (including phenoxy) is 1. The van der Waals surface area contributed by atoms with Crippen molar-refractivity contribution in [1.82, 2.24) is 5.32 Å². The molecule has 0 radical (unpaired) electrons. The van der Waals surface area contributed by atoms with Crippen LogP contribution in [0.1, 0.15) is 17.5 Å². The molecular formula is C18H19ClF3NO. The highest BCUT2D eigenvalue weighted by Crippen LogP contribution is 2.20. The fourth-order valence-corrected chi connectivity index (χ4v) is 2.40. The zero-order valence-electron chi connectivity index (χ0n) is 13.1. The summed E-state index contributed by atoms with van der Waals surface area (Å²) in [7, 11) is 0. The second-order valence-corrected chi connectivity index (χ2v) is 5.85. The van der Waals surface area contributed by atoms with Gasteiger partial charge in [-0.1, -0.05) is 35.9 Å². The number of rotatable bonds is 8. The van der Waals surface area contributed by atoms with E-state index in [0.29, 0.717) is 12.3 Å². The van der Waals surface area contributed by atoms with Crippen molar-refractivity contribution in [1.29, 1.82) is 0 Å². The summed E-state index contributed by atoms with van der Waals surface area (Å²) in [6.07, 6.45) is -4.29. The molecule has 0 amide bonds. The molecule has 0 bridgehead atoms. The Morgan fingerprint density at radius 1 is 1.00 bits per heavy atom. The van der Waals surface area contributed by atoms with Crippen molar-refractivity contribution in [2.24, 2.45) is 0 Å². The van der Waals surface area contributed by atoms with Crippen molar-refractivity contribution in [3.63, 3.8) is 0 Å². The SMILES string of the molecule is FC(F)(F)CCOc1cccc(CNCCc2cccc(Cl)c2)c1. The maximum Gasteiger partial charge on any atom is 0.392 e. The lowest BCUT2D eigenvalue weighted by atomic mass is 10.1. The maximum absolute atomic E-state index is 12.1. The molecule has 2 aromatic carbocycles. The normalized spacial score (nSPS) is 11.5. The van der Waals surface area contributed by atoms with E-state index >= 15 is 0 Å². The third-order valence-corrected chi connectivity index (χ3v) is 3.60. The van der Waals surface area contributed by atoms with Crippen molar-refractivity contribution < 1.29 is 17.9 Å². The van der Waals surface area contributed by atoms with Gasteiger partial charge in [0.15, 0.2) is 0 Å². The monoisotopic (exact) mass is 357 g/mol. The average molecular weight is 358 g/mol. The first-order chi connectivity index (χ1) is 11.4. The van der Waals surface area contributed by atoms with E-state index in [1.165, 1.54) is 0 Å². The molecule has 0 fully saturated rings. The van der Waals surface area contributed by atoms with Gasteiger partial charge in [0.05, 0.1) is 13.0 Å². The number of alkyl halides is 3. The fourth-order valence-electron chi connectivity index (χ4n) is 2.19. The Morgan fingerprint density at radius 3 is 2.50 bits per heavy atom. The van der Waals surface area contributed by atoms with E-state index in [2.05, 4.69) is 5.32 Å². The van der Waals surface area contributed by atoms with E-state index < -0.39 is 12.6 Å². The molecule has 0 atom stereocenters. The molecule has 1 N–H and O–H groups in total. The van der Waals surface area contributed by atoms with Crippen molar-refractivity contribution in [3.8, 4) is 5.75 Å². The molecule has 0 saturated heterocycles. The second-order valence-electron chi connectivity index (χ2n) is 5.42. The van der Waals surface area contributed by atoms with Crippen LogP contribution < -0.4 is 10.1 Å². The summed E-state index contributed by atoms with van der Waals surface area (Å²) in [6, 6.07) is 14.8. The molecule has 130 valence electrons. The average Bonchev–Trinajstić information content (AvgIpc) is 2.51. The topological polar surface area (TPSA) is 21.3 Å². The van der Waals surface area contributed by atoms with E-state index in [1.54, 1.807) is 18.2 Å². The molecule has 2 nitrogen and oxygen atoms in total. The van der Waals surface area contributed by atoms with Gasteiger partial charge < -0.3 is 10.1 Å². The van der Waals surface area contributed by atoms with E-state index in [-0.39, 0.29) is 6.61 Å². The maximum atomic E-state index is 12.1. The minimum absolute atomic E-state index is 0.366. The van der Waals surface area contributed by atoms with Gasteiger partial charge in [0.25, 0.3) is 0 Å². The highest BCUT2D eigenvalue weighted by molar-refractivity contribution is 6.30. The largest absolute Gasteiger partial charge is 0.493 e. The number of halogens is 4.